The predicted molar refractivity (Wildman–Crippen MR) is 78.6 cm³/mol. The zero-order valence-corrected chi connectivity index (χ0v) is 12.8. The van der Waals surface area contributed by atoms with E-state index in [9.17, 15) is 9.59 Å². The summed E-state index contributed by atoms with van der Waals surface area (Å²) >= 11 is 0. The van der Waals surface area contributed by atoms with Crippen molar-refractivity contribution in [2.75, 3.05) is 0 Å². The highest BCUT2D eigenvalue weighted by atomic mass is 16.6. The van der Waals surface area contributed by atoms with Gasteiger partial charge < -0.3 is 10.1 Å². The molecule has 0 aromatic heterocycles. The Labute approximate surface area is 120 Å². The number of alkyl carbamates (subject to hydrolysis) is 1. The lowest BCUT2D eigenvalue weighted by Gasteiger charge is -2.30. The second-order valence-corrected chi connectivity index (χ2v) is 6.18. The summed E-state index contributed by atoms with van der Waals surface area (Å²) in [6, 6.07) is 9.58. The lowest BCUT2D eigenvalue weighted by molar-refractivity contribution is -0.122. The van der Waals surface area contributed by atoms with E-state index in [1.54, 1.807) is 27.7 Å². The van der Waals surface area contributed by atoms with Crippen molar-refractivity contribution in [1.82, 2.24) is 5.32 Å². The molecule has 110 valence electrons. The minimum absolute atomic E-state index is 0.104. The normalized spacial score (nSPS) is 14.2. The van der Waals surface area contributed by atoms with Gasteiger partial charge in [0.2, 0.25) is 0 Å². The molecule has 1 atom stereocenters. The maximum atomic E-state index is 11.9. The number of amides is 1. The van der Waals surface area contributed by atoms with E-state index in [0.717, 1.165) is 5.56 Å². The molecule has 0 saturated carbocycles. The van der Waals surface area contributed by atoms with Gasteiger partial charge >= 0.3 is 6.09 Å². The van der Waals surface area contributed by atoms with Crippen molar-refractivity contribution in [2.45, 2.75) is 52.2 Å². The Balaban J connectivity index is 2.82. The first-order valence-corrected chi connectivity index (χ1v) is 6.68. The molecule has 0 bridgehead atoms. The Kier molecular flexibility index (Phi) is 4.93. The average Bonchev–Trinajstić information content (AvgIpc) is 2.26. The number of Topliss-reactive ketones (excluding diaryl/α,β-unsaturated/α-hetero) is 1. The van der Waals surface area contributed by atoms with Crippen LogP contribution in [0, 0.1) is 0 Å². The molecular weight excluding hydrogens is 254 g/mol. The van der Waals surface area contributed by atoms with Gasteiger partial charge in [-0.15, -0.1) is 0 Å². The van der Waals surface area contributed by atoms with Crippen molar-refractivity contribution in [3.8, 4) is 0 Å². The SMILES string of the molecule is CC(=O)C(C)(Cc1ccccc1)NC(=O)OC(C)(C)C. The highest BCUT2D eigenvalue weighted by Crippen LogP contribution is 2.16. The van der Waals surface area contributed by atoms with Gasteiger partial charge in [-0.2, -0.15) is 0 Å². The van der Waals surface area contributed by atoms with Crippen molar-refractivity contribution < 1.29 is 14.3 Å². The molecule has 1 unspecified atom stereocenters. The molecule has 20 heavy (non-hydrogen) atoms. The Bertz CT molecular complexity index is 476. The van der Waals surface area contributed by atoms with Crippen LogP contribution in [0.15, 0.2) is 30.3 Å². The minimum Gasteiger partial charge on any atom is -0.444 e. The van der Waals surface area contributed by atoms with Crippen LogP contribution in [0.5, 0.6) is 0 Å². The molecule has 1 aromatic carbocycles. The number of hydrogen-bond acceptors (Lipinski definition) is 3. The summed E-state index contributed by atoms with van der Waals surface area (Å²) in [7, 11) is 0. The number of benzene rings is 1. The molecule has 1 aromatic rings. The molecule has 0 heterocycles. The smallest absolute Gasteiger partial charge is 0.408 e. The number of hydrogen-bond donors (Lipinski definition) is 1. The lowest BCUT2D eigenvalue weighted by Crippen LogP contribution is -2.54. The number of carbonyl (C=O) groups is 2. The van der Waals surface area contributed by atoms with E-state index in [0.29, 0.717) is 6.42 Å². The van der Waals surface area contributed by atoms with Crippen LogP contribution in [0.1, 0.15) is 40.2 Å². The van der Waals surface area contributed by atoms with E-state index >= 15 is 0 Å². The van der Waals surface area contributed by atoms with Gasteiger partial charge in [0.15, 0.2) is 5.78 Å². The van der Waals surface area contributed by atoms with Crippen LogP contribution in [0.3, 0.4) is 0 Å². The summed E-state index contributed by atoms with van der Waals surface area (Å²) in [4.78, 5) is 23.8. The van der Waals surface area contributed by atoms with Crippen molar-refractivity contribution in [1.29, 1.82) is 0 Å². The Morgan fingerprint density at radius 1 is 1.10 bits per heavy atom. The first-order chi connectivity index (χ1) is 9.12. The third kappa shape index (κ3) is 5.03. The number of ketones is 1. The molecule has 0 fully saturated rings. The fraction of sp³-hybridized carbons (Fsp3) is 0.500. The van der Waals surface area contributed by atoms with E-state index in [1.807, 2.05) is 30.3 Å². The maximum Gasteiger partial charge on any atom is 0.408 e. The summed E-state index contributed by atoms with van der Waals surface area (Å²) in [6.07, 6.45) is -0.145. The van der Waals surface area contributed by atoms with Gasteiger partial charge in [-0.1, -0.05) is 30.3 Å². The van der Waals surface area contributed by atoms with Crippen molar-refractivity contribution in [3.05, 3.63) is 35.9 Å². The van der Waals surface area contributed by atoms with Gasteiger partial charge in [-0.25, -0.2) is 4.79 Å². The van der Waals surface area contributed by atoms with E-state index in [2.05, 4.69) is 5.32 Å². The van der Waals surface area contributed by atoms with Crippen LogP contribution >= 0.6 is 0 Å². The quantitative estimate of drug-likeness (QED) is 0.920. The summed E-state index contributed by atoms with van der Waals surface area (Å²) in [6.45, 7) is 8.55. The summed E-state index contributed by atoms with van der Waals surface area (Å²) in [5.41, 5.74) is -0.570. The monoisotopic (exact) mass is 277 g/mol. The van der Waals surface area contributed by atoms with Gasteiger partial charge in [-0.05, 0) is 40.2 Å². The van der Waals surface area contributed by atoms with Gasteiger partial charge in [0.25, 0.3) is 0 Å². The predicted octanol–water partition coefficient (Wildman–Crippen LogP) is 3.10. The van der Waals surface area contributed by atoms with Gasteiger partial charge in [0.05, 0.1) is 0 Å². The molecular formula is C16H23NO3. The third-order valence-electron chi connectivity index (χ3n) is 2.95. The van der Waals surface area contributed by atoms with Crippen LogP contribution in [0.25, 0.3) is 0 Å². The van der Waals surface area contributed by atoms with E-state index in [4.69, 9.17) is 4.74 Å². The Morgan fingerprint density at radius 3 is 2.10 bits per heavy atom. The fourth-order valence-electron chi connectivity index (χ4n) is 1.79. The summed E-state index contributed by atoms with van der Waals surface area (Å²) in [5, 5.41) is 2.69. The number of ether oxygens (including phenoxy) is 1. The number of carbonyl (C=O) groups excluding carboxylic acids is 2. The summed E-state index contributed by atoms with van der Waals surface area (Å²) in [5.74, 6) is -0.104. The molecule has 0 aliphatic rings. The van der Waals surface area contributed by atoms with Crippen LogP contribution < -0.4 is 5.32 Å². The molecule has 4 nitrogen and oxygen atoms in total. The van der Waals surface area contributed by atoms with E-state index in [-0.39, 0.29) is 5.78 Å². The van der Waals surface area contributed by atoms with Crippen LogP contribution in [-0.4, -0.2) is 23.0 Å². The van der Waals surface area contributed by atoms with Crippen molar-refractivity contribution in [3.63, 3.8) is 0 Å². The molecule has 0 radical (unpaired) electrons. The topological polar surface area (TPSA) is 55.4 Å². The summed E-state index contributed by atoms with van der Waals surface area (Å²) < 4.78 is 5.22. The number of rotatable bonds is 4. The molecule has 4 heteroatoms. The first-order valence-electron chi connectivity index (χ1n) is 6.68. The average molecular weight is 277 g/mol. The standard InChI is InChI=1S/C16H23NO3/c1-12(18)16(5,11-13-9-7-6-8-10-13)17-14(19)20-15(2,3)4/h6-10H,11H2,1-5H3,(H,17,19). The Hall–Kier alpha value is -1.84. The highest BCUT2D eigenvalue weighted by molar-refractivity contribution is 5.89. The molecule has 1 N–H and O–H groups in total. The molecule has 1 amide bonds. The second kappa shape index (κ2) is 6.07. The molecule has 0 aliphatic carbocycles. The Morgan fingerprint density at radius 2 is 1.65 bits per heavy atom. The molecule has 0 spiro atoms. The van der Waals surface area contributed by atoms with Gasteiger partial charge in [0.1, 0.15) is 11.1 Å². The molecule has 0 aliphatic heterocycles. The van der Waals surface area contributed by atoms with E-state index < -0.39 is 17.2 Å². The fourth-order valence-corrected chi connectivity index (χ4v) is 1.79. The minimum atomic E-state index is -0.969. The maximum absolute atomic E-state index is 11.9. The lowest BCUT2D eigenvalue weighted by atomic mass is 9.89. The molecule has 1 rings (SSSR count). The van der Waals surface area contributed by atoms with Crippen LogP contribution in [-0.2, 0) is 16.0 Å². The number of nitrogens with one attached hydrogen (secondary N) is 1. The largest absolute Gasteiger partial charge is 0.444 e. The zero-order valence-electron chi connectivity index (χ0n) is 12.8. The third-order valence-corrected chi connectivity index (χ3v) is 2.95. The second-order valence-electron chi connectivity index (χ2n) is 6.18. The van der Waals surface area contributed by atoms with Gasteiger partial charge in [-0.3, -0.25) is 4.79 Å². The van der Waals surface area contributed by atoms with Crippen molar-refractivity contribution in [2.24, 2.45) is 0 Å². The van der Waals surface area contributed by atoms with Crippen molar-refractivity contribution >= 4 is 11.9 Å². The first kappa shape index (κ1) is 16.2. The van der Waals surface area contributed by atoms with Gasteiger partial charge in [0, 0.05) is 6.42 Å². The zero-order chi connectivity index (χ0) is 15.4. The molecule has 0 saturated heterocycles. The van der Waals surface area contributed by atoms with Crippen LogP contribution in [0.4, 0.5) is 4.79 Å². The van der Waals surface area contributed by atoms with E-state index in [1.165, 1.54) is 6.92 Å². The van der Waals surface area contributed by atoms with Crippen LogP contribution in [0.2, 0.25) is 0 Å². The highest BCUT2D eigenvalue weighted by Gasteiger charge is 2.33.